The minimum Gasteiger partial charge on any atom is -0.373 e. The predicted octanol–water partition coefficient (Wildman–Crippen LogP) is 10.5. The summed E-state index contributed by atoms with van der Waals surface area (Å²) < 4.78 is 85.9. The summed E-state index contributed by atoms with van der Waals surface area (Å²) in [6.07, 6.45) is 11.2. The van der Waals surface area contributed by atoms with Crippen molar-refractivity contribution >= 4 is 5.83 Å². The maximum atomic E-state index is 14.4. The minimum absolute atomic E-state index is 0.205. The van der Waals surface area contributed by atoms with Crippen LogP contribution in [0.15, 0.2) is 18.2 Å². The molecule has 1 aromatic rings. The Morgan fingerprint density at radius 3 is 1.84 bits per heavy atom. The summed E-state index contributed by atoms with van der Waals surface area (Å²) in [5.41, 5.74) is -1.09. The van der Waals surface area contributed by atoms with Crippen LogP contribution >= 0.6 is 0 Å². The van der Waals surface area contributed by atoms with Gasteiger partial charge in [0.2, 0.25) is 0 Å². The first-order valence-electron chi connectivity index (χ1n) is 14.7. The lowest BCUT2D eigenvalue weighted by Gasteiger charge is -2.41. The molecule has 214 valence electrons. The third-order valence-electron chi connectivity index (χ3n) is 9.53. The van der Waals surface area contributed by atoms with Gasteiger partial charge in [-0.05, 0) is 98.7 Å². The first-order valence-corrected chi connectivity index (χ1v) is 14.7. The molecule has 0 amide bonds. The smallest absolute Gasteiger partial charge is 0.373 e. The van der Waals surface area contributed by atoms with Crippen molar-refractivity contribution in [2.75, 3.05) is 6.61 Å². The SMILES string of the molecule is CCCCCC1CCC(C2CCC(C3CCC(c4cc(F)c(C(F)=CC(F)(F)F)c(F)c4)OC3)CC2)CC1. The maximum Gasteiger partial charge on any atom is 0.412 e. The standard InChI is InChI=1S/C31H42F6O/c1-2-3-4-5-20-6-8-21(9-7-20)22-10-12-23(13-11-22)24-14-15-29(38-19-24)25-16-26(32)30(27(33)17-25)28(34)18-31(35,36)37/h16-18,20-24,29H,2-15,19H2,1H3. The molecule has 2 saturated carbocycles. The van der Waals surface area contributed by atoms with Gasteiger partial charge in [-0.15, -0.1) is 0 Å². The Morgan fingerprint density at radius 2 is 1.34 bits per heavy atom. The Labute approximate surface area is 223 Å². The molecule has 0 bridgehead atoms. The van der Waals surface area contributed by atoms with Gasteiger partial charge in [-0.2, -0.15) is 13.2 Å². The van der Waals surface area contributed by atoms with Crippen LogP contribution < -0.4 is 0 Å². The number of benzene rings is 1. The van der Waals surface area contributed by atoms with Gasteiger partial charge in [-0.3, -0.25) is 0 Å². The number of halogens is 6. The third kappa shape index (κ3) is 7.79. The number of ether oxygens (including phenoxy) is 1. The second-order valence-corrected chi connectivity index (χ2v) is 12.0. The lowest BCUT2D eigenvalue weighted by Crippen LogP contribution is -2.32. The van der Waals surface area contributed by atoms with Gasteiger partial charge in [0.05, 0.1) is 24.4 Å². The van der Waals surface area contributed by atoms with E-state index < -0.39 is 41.4 Å². The normalized spacial score (nSPS) is 31.4. The van der Waals surface area contributed by atoms with E-state index in [0.29, 0.717) is 24.9 Å². The van der Waals surface area contributed by atoms with Crippen molar-refractivity contribution in [1.29, 1.82) is 0 Å². The van der Waals surface area contributed by atoms with E-state index in [9.17, 15) is 26.3 Å². The summed E-state index contributed by atoms with van der Waals surface area (Å²) in [6.45, 7) is 2.77. The highest BCUT2D eigenvalue weighted by atomic mass is 19.4. The van der Waals surface area contributed by atoms with Gasteiger partial charge in [0, 0.05) is 0 Å². The highest BCUT2D eigenvalue weighted by Gasteiger charge is 2.36. The number of unbranched alkanes of at least 4 members (excludes halogenated alkanes) is 2. The average Bonchev–Trinajstić information content (AvgIpc) is 2.88. The molecular weight excluding hydrogens is 502 g/mol. The molecule has 3 aliphatic rings. The zero-order valence-corrected chi connectivity index (χ0v) is 22.5. The van der Waals surface area contributed by atoms with Crippen molar-refractivity contribution in [3.05, 3.63) is 41.0 Å². The van der Waals surface area contributed by atoms with Crippen LogP contribution in [0.1, 0.15) is 114 Å². The van der Waals surface area contributed by atoms with Crippen LogP contribution in [0.4, 0.5) is 26.3 Å². The van der Waals surface area contributed by atoms with Crippen LogP contribution in [0.25, 0.3) is 5.83 Å². The molecule has 4 rings (SSSR count). The van der Waals surface area contributed by atoms with Crippen LogP contribution in [0, 0.1) is 41.2 Å². The quantitative estimate of drug-likeness (QED) is 0.234. The molecule has 2 aliphatic carbocycles. The lowest BCUT2D eigenvalue weighted by molar-refractivity contribution is -0.0798. The average molecular weight is 545 g/mol. The molecule has 1 nitrogen and oxygen atoms in total. The molecule has 0 aromatic heterocycles. The van der Waals surface area contributed by atoms with Gasteiger partial charge in [0.15, 0.2) is 0 Å². The molecule has 1 aromatic carbocycles. The fourth-order valence-electron chi connectivity index (χ4n) is 7.35. The molecule has 0 spiro atoms. The Balaban J connectivity index is 1.23. The molecule has 7 heteroatoms. The highest BCUT2D eigenvalue weighted by Crippen LogP contribution is 2.46. The van der Waals surface area contributed by atoms with Gasteiger partial charge in [-0.25, -0.2) is 13.2 Å². The highest BCUT2D eigenvalue weighted by molar-refractivity contribution is 5.61. The molecule has 3 fully saturated rings. The number of allylic oxidation sites excluding steroid dienone is 1. The first kappa shape index (κ1) is 29.5. The van der Waals surface area contributed by atoms with Gasteiger partial charge in [0.1, 0.15) is 17.5 Å². The van der Waals surface area contributed by atoms with Crippen molar-refractivity contribution in [3.8, 4) is 0 Å². The van der Waals surface area contributed by atoms with Gasteiger partial charge < -0.3 is 4.74 Å². The van der Waals surface area contributed by atoms with Crippen molar-refractivity contribution in [2.24, 2.45) is 29.6 Å². The van der Waals surface area contributed by atoms with Crippen LogP contribution in [0.5, 0.6) is 0 Å². The molecule has 0 N–H and O–H groups in total. The number of hydrogen-bond donors (Lipinski definition) is 0. The number of hydrogen-bond acceptors (Lipinski definition) is 1. The second-order valence-electron chi connectivity index (χ2n) is 12.0. The number of alkyl halides is 3. The van der Waals surface area contributed by atoms with Gasteiger partial charge in [0.25, 0.3) is 0 Å². The topological polar surface area (TPSA) is 9.23 Å². The fraction of sp³-hybridized carbons (Fsp3) is 0.742. The summed E-state index contributed by atoms with van der Waals surface area (Å²) in [7, 11) is 0. The van der Waals surface area contributed by atoms with E-state index in [-0.39, 0.29) is 5.56 Å². The van der Waals surface area contributed by atoms with Crippen molar-refractivity contribution in [1.82, 2.24) is 0 Å². The Bertz CT molecular complexity index is 894. The van der Waals surface area contributed by atoms with E-state index >= 15 is 0 Å². The molecule has 1 aliphatic heterocycles. The summed E-state index contributed by atoms with van der Waals surface area (Å²) in [6, 6.07) is 1.80. The van der Waals surface area contributed by atoms with E-state index in [4.69, 9.17) is 4.74 Å². The molecule has 0 radical (unpaired) electrons. The number of rotatable bonds is 8. The monoisotopic (exact) mass is 544 g/mol. The van der Waals surface area contributed by atoms with Crippen LogP contribution in [-0.4, -0.2) is 12.8 Å². The Hall–Kier alpha value is -1.50. The minimum atomic E-state index is -5.00. The summed E-state index contributed by atoms with van der Waals surface area (Å²) in [5.74, 6) is -0.980. The third-order valence-corrected chi connectivity index (χ3v) is 9.53. The van der Waals surface area contributed by atoms with Crippen LogP contribution in [0.2, 0.25) is 0 Å². The molecular formula is C31H42F6O. The zero-order chi connectivity index (χ0) is 27.3. The second kappa shape index (κ2) is 13.2. The molecule has 1 saturated heterocycles. The first-order chi connectivity index (χ1) is 18.1. The van der Waals surface area contributed by atoms with Crippen molar-refractivity contribution in [2.45, 2.75) is 109 Å². The van der Waals surface area contributed by atoms with E-state index in [1.165, 1.54) is 77.0 Å². The lowest BCUT2D eigenvalue weighted by atomic mass is 9.66. The largest absolute Gasteiger partial charge is 0.412 e. The fourth-order valence-corrected chi connectivity index (χ4v) is 7.35. The van der Waals surface area contributed by atoms with E-state index in [1.807, 2.05) is 0 Å². The van der Waals surface area contributed by atoms with E-state index in [2.05, 4.69) is 6.92 Å². The maximum absolute atomic E-state index is 14.4. The zero-order valence-electron chi connectivity index (χ0n) is 22.5. The van der Waals surface area contributed by atoms with Crippen molar-refractivity contribution in [3.63, 3.8) is 0 Å². The summed E-state index contributed by atoms with van der Waals surface area (Å²) >= 11 is 0. The summed E-state index contributed by atoms with van der Waals surface area (Å²) in [5, 5.41) is 0. The van der Waals surface area contributed by atoms with E-state index in [1.54, 1.807) is 0 Å². The van der Waals surface area contributed by atoms with Gasteiger partial charge >= 0.3 is 6.18 Å². The summed E-state index contributed by atoms with van der Waals surface area (Å²) in [4.78, 5) is 0. The Kier molecular flexibility index (Phi) is 10.3. The van der Waals surface area contributed by atoms with Crippen LogP contribution in [0.3, 0.4) is 0 Å². The molecule has 1 heterocycles. The Morgan fingerprint density at radius 1 is 0.816 bits per heavy atom. The van der Waals surface area contributed by atoms with Crippen molar-refractivity contribution < 1.29 is 31.1 Å². The van der Waals surface area contributed by atoms with Gasteiger partial charge in [-0.1, -0.05) is 45.4 Å². The predicted molar refractivity (Wildman–Crippen MR) is 138 cm³/mol. The molecule has 38 heavy (non-hydrogen) atoms. The van der Waals surface area contributed by atoms with Crippen LogP contribution in [-0.2, 0) is 4.74 Å². The molecule has 2 unspecified atom stereocenters. The molecule has 2 atom stereocenters. The van der Waals surface area contributed by atoms with E-state index in [0.717, 1.165) is 36.3 Å².